The van der Waals surface area contributed by atoms with Gasteiger partial charge in [-0.25, -0.2) is 4.99 Å². The number of nitrogens with zero attached hydrogens (tertiary/aromatic N) is 1. The van der Waals surface area contributed by atoms with Crippen LogP contribution in [0.3, 0.4) is 0 Å². The number of guanidine groups is 1. The van der Waals surface area contributed by atoms with E-state index in [0.717, 1.165) is 0 Å². The molecule has 0 aromatic carbocycles. The number of anilines is 1. The molecule has 1 amide bonds. The van der Waals surface area contributed by atoms with E-state index in [9.17, 15) is 13.6 Å². The first-order chi connectivity index (χ1) is 12.3. The van der Waals surface area contributed by atoms with Crippen molar-refractivity contribution < 1.29 is 23.0 Å². The number of amides is 1. The summed E-state index contributed by atoms with van der Waals surface area (Å²) in [6, 6.07) is 1.03. The predicted molar refractivity (Wildman–Crippen MR) is 92.2 cm³/mol. The monoisotopic (exact) mass is 369 g/mol. The van der Waals surface area contributed by atoms with Gasteiger partial charge >= 0.3 is 6.29 Å². The number of aromatic nitrogens is 1. The summed E-state index contributed by atoms with van der Waals surface area (Å²) in [6.07, 6.45) is 0.545. The summed E-state index contributed by atoms with van der Waals surface area (Å²) >= 11 is 0. The van der Waals surface area contributed by atoms with Crippen molar-refractivity contribution in [2.24, 2.45) is 4.99 Å². The number of carbonyl (C=O) groups is 1. The summed E-state index contributed by atoms with van der Waals surface area (Å²) in [5.41, 5.74) is 6.24. The topological polar surface area (TPSA) is 114 Å². The Kier molecular flexibility index (Phi) is 5.86. The first-order valence-electron chi connectivity index (χ1n) is 8.07. The maximum atomic E-state index is 13.1. The standard InChI is InChI=1S/C14H15F2N5O3.C2H6/c1-7-4-11-10(23-14(15,16)24-11)2-3-18-13(20-7)21-12(22)9-5-8(17)6-19-9;1-2/h2,4-7,19H,3,17H2,1H3,(H2,18,20,21,22);1-2H3/b10-2+,11-4+;. The fourth-order valence-corrected chi connectivity index (χ4v) is 2.18. The Labute approximate surface area is 149 Å². The molecule has 1 atom stereocenters. The molecule has 3 rings (SSSR count). The number of nitrogen functional groups attached to an aromatic ring is 1. The zero-order chi connectivity index (χ0) is 19.3. The van der Waals surface area contributed by atoms with E-state index >= 15 is 0 Å². The quantitative estimate of drug-likeness (QED) is 0.605. The molecule has 26 heavy (non-hydrogen) atoms. The predicted octanol–water partition coefficient (Wildman–Crippen LogP) is 2.07. The van der Waals surface area contributed by atoms with Gasteiger partial charge in [0.1, 0.15) is 5.69 Å². The van der Waals surface area contributed by atoms with Crippen molar-refractivity contribution in [2.45, 2.75) is 33.1 Å². The Balaban J connectivity index is 0.00000117. The summed E-state index contributed by atoms with van der Waals surface area (Å²) in [7, 11) is 0. The summed E-state index contributed by atoms with van der Waals surface area (Å²) in [5.74, 6) is -0.438. The molecule has 0 aliphatic carbocycles. The van der Waals surface area contributed by atoms with Gasteiger partial charge in [0.2, 0.25) is 0 Å². The molecule has 1 aromatic rings. The summed E-state index contributed by atoms with van der Waals surface area (Å²) < 4.78 is 35.1. The molecule has 5 N–H and O–H groups in total. The zero-order valence-electron chi connectivity index (χ0n) is 14.6. The highest BCUT2D eigenvalue weighted by molar-refractivity contribution is 6.05. The van der Waals surface area contributed by atoms with Gasteiger partial charge in [0.25, 0.3) is 5.91 Å². The lowest BCUT2D eigenvalue weighted by atomic mass is 10.2. The average Bonchev–Trinajstić information content (AvgIpc) is 3.12. The number of nitrogens with one attached hydrogen (secondary N) is 3. The number of H-pyrrole nitrogens is 1. The van der Waals surface area contributed by atoms with Crippen LogP contribution in [0.15, 0.2) is 40.9 Å². The van der Waals surface area contributed by atoms with E-state index in [2.05, 4.69) is 30.1 Å². The lowest BCUT2D eigenvalue weighted by Crippen LogP contribution is -2.44. The van der Waals surface area contributed by atoms with Crippen LogP contribution in [0, 0.1) is 0 Å². The number of ether oxygens (including phenoxy) is 2. The van der Waals surface area contributed by atoms with Gasteiger partial charge in [-0.3, -0.25) is 10.1 Å². The summed E-state index contributed by atoms with van der Waals surface area (Å²) in [5, 5.41) is 5.47. The molecule has 1 fully saturated rings. The molecule has 0 saturated carbocycles. The van der Waals surface area contributed by atoms with Crippen LogP contribution in [0.5, 0.6) is 0 Å². The number of hydrogen-bond donors (Lipinski definition) is 4. The van der Waals surface area contributed by atoms with Gasteiger partial charge < -0.3 is 25.5 Å². The molecule has 142 valence electrons. The van der Waals surface area contributed by atoms with E-state index in [0.29, 0.717) is 5.69 Å². The van der Waals surface area contributed by atoms with Crippen LogP contribution in [0.4, 0.5) is 14.5 Å². The van der Waals surface area contributed by atoms with Crippen LogP contribution >= 0.6 is 0 Å². The number of alkyl halides is 2. The van der Waals surface area contributed by atoms with Gasteiger partial charge in [0.15, 0.2) is 17.5 Å². The Morgan fingerprint density at radius 3 is 2.73 bits per heavy atom. The first-order valence-corrected chi connectivity index (χ1v) is 8.07. The molecule has 0 spiro atoms. The maximum Gasteiger partial charge on any atom is 0.586 e. The van der Waals surface area contributed by atoms with Crippen LogP contribution in [0.25, 0.3) is 0 Å². The van der Waals surface area contributed by atoms with Gasteiger partial charge in [-0.2, -0.15) is 0 Å². The third kappa shape index (κ3) is 4.74. The number of aliphatic imine (C=N–C) groups is 1. The molecule has 0 bridgehead atoms. The third-order valence-corrected chi connectivity index (χ3v) is 3.17. The maximum absolute atomic E-state index is 13.1. The molecule has 2 aliphatic rings. The molecule has 0 radical (unpaired) electrons. The van der Waals surface area contributed by atoms with Crippen molar-refractivity contribution in [3.05, 3.63) is 41.6 Å². The molecular weight excluding hydrogens is 348 g/mol. The molecule has 1 unspecified atom stereocenters. The number of hydrogen-bond acceptors (Lipinski definition) is 6. The highest BCUT2D eigenvalue weighted by Crippen LogP contribution is 2.36. The van der Waals surface area contributed by atoms with Crippen LogP contribution in [-0.2, 0) is 9.47 Å². The van der Waals surface area contributed by atoms with Crippen molar-refractivity contribution >= 4 is 17.6 Å². The second-order valence-electron chi connectivity index (χ2n) is 5.19. The number of rotatable bonds is 1. The van der Waals surface area contributed by atoms with E-state index in [1.54, 1.807) is 6.92 Å². The van der Waals surface area contributed by atoms with Gasteiger partial charge in [0.05, 0.1) is 6.54 Å². The third-order valence-electron chi connectivity index (χ3n) is 3.17. The average molecular weight is 369 g/mol. The molecule has 10 heteroatoms. The van der Waals surface area contributed by atoms with Crippen molar-refractivity contribution in [3.8, 4) is 0 Å². The second-order valence-corrected chi connectivity index (χ2v) is 5.19. The Morgan fingerprint density at radius 2 is 2.08 bits per heavy atom. The molecule has 3 heterocycles. The van der Waals surface area contributed by atoms with Crippen molar-refractivity contribution in [2.75, 3.05) is 12.3 Å². The number of fused-ring (bicyclic) bond motifs is 1. The number of nitrogens with two attached hydrogens (primary N) is 1. The zero-order valence-corrected chi connectivity index (χ0v) is 14.6. The second kappa shape index (κ2) is 7.89. The smallest absolute Gasteiger partial charge is 0.397 e. The Morgan fingerprint density at radius 1 is 1.38 bits per heavy atom. The highest BCUT2D eigenvalue weighted by atomic mass is 19.3. The van der Waals surface area contributed by atoms with E-state index in [-0.39, 0.29) is 29.7 Å². The normalized spacial score (nSPS) is 24.7. The van der Waals surface area contributed by atoms with Gasteiger partial charge in [-0.1, -0.05) is 13.8 Å². The lowest BCUT2D eigenvalue weighted by Gasteiger charge is -2.14. The molecule has 8 nitrogen and oxygen atoms in total. The van der Waals surface area contributed by atoms with E-state index in [4.69, 9.17) is 5.73 Å². The highest BCUT2D eigenvalue weighted by Gasteiger charge is 2.45. The van der Waals surface area contributed by atoms with Crippen LogP contribution in [0.2, 0.25) is 0 Å². The Hall–Kier alpha value is -3.04. The number of aromatic amines is 1. The number of carbonyl (C=O) groups excluding carboxylic acids is 1. The summed E-state index contributed by atoms with van der Waals surface area (Å²) in [4.78, 5) is 18.9. The minimum Gasteiger partial charge on any atom is -0.397 e. The van der Waals surface area contributed by atoms with Crippen molar-refractivity contribution in [3.63, 3.8) is 0 Å². The fourth-order valence-electron chi connectivity index (χ4n) is 2.18. The van der Waals surface area contributed by atoms with Crippen LogP contribution in [0.1, 0.15) is 31.3 Å². The van der Waals surface area contributed by atoms with E-state index < -0.39 is 18.2 Å². The minimum atomic E-state index is -3.69. The largest absolute Gasteiger partial charge is 0.586 e. The van der Waals surface area contributed by atoms with Gasteiger partial charge in [-0.05, 0) is 25.1 Å². The minimum absolute atomic E-state index is 0.00825. The van der Waals surface area contributed by atoms with E-state index in [1.807, 2.05) is 13.8 Å². The first kappa shape index (κ1) is 19.3. The molecule has 1 saturated heterocycles. The molecule has 1 aromatic heterocycles. The Bertz CT molecular complexity index is 755. The molecular formula is C16H21F2N5O3. The lowest BCUT2D eigenvalue weighted by molar-refractivity contribution is -0.326. The van der Waals surface area contributed by atoms with Gasteiger partial charge in [-0.15, -0.1) is 8.78 Å². The van der Waals surface area contributed by atoms with Crippen LogP contribution < -0.4 is 16.4 Å². The van der Waals surface area contributed by atoms with Gasteiger partial charge in [0, 0.05) is 17.9 Å². The fraction of sp³-hybridized carbons (Fsp3) is 0.375. The molecule has 2 aliphatic heterocycles. The van der Waals surface area contributed by atoms with E-state index in [1.165, 1.54) is 24.4 Å². The SMILES string of the molecule is CC.CC1/C=C2/OC(F)(F)O/C2=C/CN=C(NC(=O)c2cc(N)c[nH]2)N1. The summed E-state index contributed by atoms with van der Waals surface area (Å²) in [6.45, 7) is 5.69. The van der Waals surface area contributed by atoms with Crippen LogP contribution in [-0.4, -0.2) is 35.7 Å². The van der Waals surface area contributed by atoms with Crippen molar-refractivity contribution in [1.29, 1.82) is 0 Å². The number of halogens is 2. The van der Waals surface area contributed by atoms with Crippen molar-refractivity contribution in [1.82, 2.24) is 15.6 Å².